The molecule has 0 spiro atoms. The van der Waals surface area contributed by atoms with E-state index in [-0.39, 0.29) is 0 Å². The number of aromatic nitrogens is 2. The number of carbonyl (C=O) groups is 1. The van der Waals surface area contributed by atoms with Gasteiger partial charge in [-0.2, -0.15) is 0 Å². The van der Waals surface area contributed by atoms with Crippen LogP contribution in [0, 0.1) is 6.92 Å². The molecule has 2 aromatic heterocycles. The molecule has 0 unspecified atom stereocenters. The summed E-state index contributed by atoms with van der Waals surface area (Å²) >= 11 is 1.46. The highest BCUT2D eigenvalue weighted by atomic mass is 32.1. The average Bonchev–Trinajstić information content (AvgIpc) is 2.53. The van der Waals surface area contributed by atoms with E-state index in [4.69, 9.17) is 0 Å². The zero-order valence-electron chi connectivity index (χ0n) is 5.94. The van der Waals surface area contributed by atoms with Gasteiger partial charge in [0.2, 0.25) is 0 Å². The third-order valence-electron chi connectivity index (χ3n) is 1.64. The summed E-state index contributed by atoms with van der Waals surface area (Å²) in [4.78, 5) is 16.2. The van der Waals surface area contributed by atoms with Gasteiger partial charge in [-0.05, 0) is 6.92 Å². The molecule has 0 N–H and O–H groups in total. The summed E-state index contributed by atoms with van der Waals surface area (Å²) in [6.45, 7) is 1.91. The molecule has 2 rings (SSSR count). The van der Waals surface area contributed by atoms with E-state index in [1.165, 1.54) is 11.3 Å². The van der Waals surface area contributed by atoms with Crippen molar-refractivity contribution in [2.45, 2.75) is 6.92 Å². The third-order valence-corrected chi connectivity index (χ3v) is 2.77. The Morgan fingerprint density at radius 2 is 2.55 bits per heavy atom. The van der Waals surface area contributed by atoms with Crippen LogP contribution in [0.2, 0.25) is 0 Å². The van der Waals surface area contributed by atoms with E-state index in [1.54, 1.807) is 12.5 Å². The fraction of sp³-hybridized carbons (Fsp3) is 0.143. The summed E-state index contributed by atoms with van der Waals surface area (Å²) < 4.78 is 1.91. The first-order chi connectivity index (χ1) is 5.33. The third kappa shape index (κ3) is 0.793. The van der Waals surface area contributed by atoms with Crippen molar-refractivity contribution < 1.29 is 4.79 Å². The first-order valence-corrected chi connectivity index (χ1v) is 4.01. The van der Waals surface area contributed by atoms with E-state index in [9.17, 15) is 4.79 Å². The van der Waals surface area contributed by atoms with Gasteiger partial charge in [0.15, 0.2) is 6.29 Å². The Balaban J connectivity index is 2.86. The van der Waals surface area contributed by atoms with Crippen molar-refractivity contribution in [3.8, 4) is 0 Å². The first kappa shape index (κ1) is 6.54. The van der Waals surface area contributed by atoms with Crippen LogP contribution in [0.15, 0.2) is 12.5 Å². The number of hydrogen-bond acceptors (Lipinski definition) is 3. The van der Waals surface area contributed by atoms with Gasteiger partial charge in [-0.3, -0.25) is 9.20 Å². The van der Waals surface area contributed by atoms with E-state index in [0.717, 1.165) is 21.7 Å². The minimum Gasteiger partial charge on any atom is -0.297 e. The number of fused-ring (bicyclic) bond motifs is 1. The summed E-state index contributed by atoms with van der Waals surface area (Å²) in [5.74, 6) is 0. The fourth-order valence-corrected chi connectivity index (χ4v) is 1.94. The normalized spacial score (nSPS) is 10.6. The number of imidazole rings is 1. The molecule has 2 aromatic rings. The van der Waals surface area contributed by atoms with Crippen LogP contribution >= 0.6 is 11.3 Å². The van der Waals surface area contributed by atoms with Gasteiger partial charge >= 0.3 is 0 Å². The molecule has 0 aliphatic heterocycles. The van der Waals surface area contributed by atoms with Crippen LogP contribution in [0.4, 0.5) is 0 Å². The molecule has 0 bridgehead atoms. The quantitative estimate of drug-likeness (QED) is 0.602. The maximum Gasteiger partial charge on any atom is 0.161 e. The maximum atomic E-state index is 10.5. The van der Waals surface area contributed by atoms with Gasteiger partial charge in [0.25, 0.3) is 0 Å². The van der Waals surface area contributed by atoms with Crippen LogP contribution < -0.4 is 0 Å². The number of carbonyl (C=O) groups excluding carboxylic acids is 1. The molecular weight excluding hydrogens is 160 g/mol. The molecule has 11 heavy (non-hydrogen) atoms. The molecule has 0 amide bonds. The van der Waals surface area contributed by atoms with E-state index in [2.05, 4.69) is 4.98 Å². The predicted octanol–water partition coefficient (Wildman–Crippen LogP) is 1.52. The molecule has 0 atom stereocenters. The molecule has 0 aliphatic carbocycles. The lowest BCUT2D eigenvalue weighted by Crippen LogP contribution is -1.84. The molecule has 4 heteroatoms. The monoisotopic (exact) mass is 166 g/mol. The Kier molecular flexibility index (Phi) is 1.29. The van der Waals surface area contributed by atoms with Gasteiger partial charge in [-0.1, -0.05) is 0 Å². The smallest absolute Gasteiger partial charge is 0.161 e. The summed E-state index contributed by atoms with van der Waals surface area (Å²) in [5.41, 5.74) is 0.970. The van der Waals surface area contributed by atoms with Gasteiger partial charge in [0.1, 0.15) is 11.2 Å². The second kappa shape index (κ2) is 2.17. The molecule has 0 saturated carbocycles. The summed E-state index contributed by atoms with van der Waals surface area (Å²) in [7, 11) is 0. The first-order valence-electron chi connectivity index (χ1n) is 3.19. The van der Waals surface area contributed by atoms with Crippen molar-refractivity contribution in [3.05, 3.63) is 23.1 Å². The molecule has 0 aliphatic rings. The number of rotatable bonds is 1. The molecule has 0 saturated heterocycles. The van der Waals surface area contributed by atoms with Gasteiger partial charge < -0.3 is 0 Å². The van der Waals surface area contributed by atoms with Crippen LogP contribution in [-0.4, -0.2) is 15.7 Å². The minimum atomic E-state index is 0.780. The molecule has 2 heterocycles. The fourth-order valence-electron chi connectivity index (χ4n) is 1.02. The van der Waals surface area contributed by atoms with Crippen molar-refractivity contribution in [1.29, 1.82) is 0 Å². The molecular formula is C7H6N2OS. The van der Waals surface area contributed by atoms with E-state index in [1.807, 2.05) is 11.3 Å². The summed E-state index contributed by atoms with van der Waals surface area (Å²) in [5, 5.41) is 0. The lowest BCUT2D eigenvalue weighted by Gasteiger charge is -1.86. The zero-order valence-corrected chi connectivity index (χ0v) is 6.76. The topological polar surface area (TPSA) is 34.4 Å². The van der Waals surface area contributed by atoms with Crippen LogP contribution in [0.25, 0.3) is 4.83 Å². The largest absolute Gasteiger partial charge is 0.297 e. The van der Waals surface area contributed by atoms with Gasteiger partial charge in [0, 0.05) is 5.69 Å². The number of aryl methyl sites for hydroxylation is 1. The van der Waals surface area contributed by atoms with Crippen LogP contribution in [0.1, 0.15) is 15.4 Å². The maximum absolute atomic E-state index is 10.5. The van der Waals surface area contributed by atoms with E-state index >= 15 is 0 Å². The van der Waals surface area contributed by atoms with Crippen molar-refractivity contribution in [2.24, 2.45) is 0 Å². The number of thiazole rings is 1. The zero-order chi connectivity index (χ0) is 7.84. The van der Waals surface area contributed by atoms with Crippen molar-refractivity contribution >= 4 is 22.5 Å². The Bertz CT molecular complexity index is 401. The Morgan fingerprint density at radius 3 is 3.18 bits per heavy atom. The molecule has 0 aromatic carbocycles. The Labute approximate surface area is 67.3 Å². The number of hydrogen-bond donors (Lipinski definition) is 0. The number of aldehydes is 1. The van der Waals surface area contributed by atoms with E-state index in [0.29, 0.717) is 0 Å². The standard InChI is InChI=1S/C7H6N2OS/c1-5-6(3-10)11-7-2-8-4-9(5)7/h2-4H,1H3. The lowest BCUT2D eigenvalue weighted by molar-refractivity contribution is 0.112. The minimum absolute atomic E-state index is 0.780. The van der Waals surface area contributed by atoms with Gasteiger partial charge in [-0.25, -0.2) is 4.98 Å². The summed E-state index contributed by atoms with van der Waals surface area (Å²) in [6, 6.07) is 0. The van der Waals surface area contributed by atoms with Gasteiger partial charge in [-0.15, -0.1) is 11.3 Å². The van der Waals surface area contributed by atoms with Gasteiger partial charge in [0.05, 0.1) is 11.1 Å². The Hall–Kier alpha value is -1.16. The SMILES string of the molecule is Cc1c(C=O)sc2cncn12. The van der Waals surface area contributed by atoms with Crippen molar-refractivity contribution in [2.75, 3.05) is 0 Å². The van der Waals surface area contributed by atoms with Crippen LogP contribution in [-0.2, 0) is 0 Å². The highest BCUT2D eigenvalue weighted by Crippen LogP contribution is 2.20. The second-order valence-electron chi connectivity index (χ2n) is 2.27. The Morgan fingerprint density at radius 1 is 1.73 bits per heavy atom. The molecule has 0 radical (unpaired) electrons. The molecule has 56 valence electrons. The predicted molar refractivity (Wildman–Crippen MR) is 43.2 cm³/mol. The lowest BCUT2D eigenvalue weighted by atomic mass is 10.4. The second-order valence-corrected chi connectivity index (χ2v) is 3.33. The van der Waals surface area contributed by atoms with E-state index < -0.39 is 0 Å². The number of nitrogens with zero attached hydrogens (tertiary/aromatic N) is 2. The van der Waals surface area contributed by atoms with Crippen LogP contribution in [0.3, 0.4) is 0 Å². The molecule has 0 fully saturated rings. The van der Waals surface area contributed by atoms with Crippen molar-refractivity contribution in [3.63, 3.8) is 0 Å². The average molecular weight is 166 g/mol. The highest BCUT2D eigenvalue weighted by molar-refractivity contribution is 7.19. The molecule has 3 nitrogen and oxygen atoms in total. The van der Waals surface area contributed by atoms with Crippen LogP contribution in [0.5, 0.6) is 0 Å². The summed E-state index contributed by atoms with van der Waals surface area (Å²) in [6.07, 6.45) is 4.35. The van der Waals surface area contributed by atoms with Crippen molar-refractivity contribution in [1.82, 2.24) is 9.38 Å². The highest BCUT2D eigenvalue weighted by Gasteiger charge is 2.05.